The third kappa shape index (κ3) is 8.83. The number of nitrogens with one attached hydrogen (secondary N) is 1. The first-order valence-electron chi connectivity index (χ1n) is 11.1. The minimum atomic E-state index is 1.08. The minimum absolute atomic E-state index is 1.08. The van der Waals surface area contributed by atoms with Gasteiger partial charge in [0.1, 0.15) is 25.1 Å². The summed E-state index contributed by atoms with van der Waals surface area (Å²) in [6.07, 6.45) is 10.1. The fourth-order valence-electron chi connectivity index (χ4n) is 4.14. The molecule has 1 N–H and O–H groups in total. The summed E-state index contributed by atoms with van der Waals surface area (Å²) in [5.41, 5.74) is 7.33. The second-order valence-corrected chi connectivity index (χ2v) is 7.55. The summed E-state index contributed by atoms with van der Waals surface area (Å²) in [5.74, 6) is 2.16. The van der Waals surface area contributed by atoms with E-state index in [4.69, 9.17) is 19.1 Å². The number of carbonyl (C=O) groups excluding carboxylic acids is 2. The van der Waals surface area contributed by atoms with Gasteiger partial charge in [-0.1, -0.05) is 18.2 Å². The summed E-state index contributed by atoms with van der Waals surface area (Å²) in [5, 5.41) is 2.75. The number of ether oxygens (including phenoxy) is 2. The minimum Gasteiger partial charge on any atom is -0.496 e. The predicted molar refractivity (Wildman–Crippen MR) is 133 cm³/mol. The largest absolute Gasteiger partial charge is 0.496 e. The van der Waals surface area contributed by atoms with Crippen molar-refractivity contribution >= 4 is 13.6 Å². The van der Waals surface area contributed by atoms with Crippen LogP contribution in [0, 0.1) is 6.92 Å². The van der Waals surface area contributed by atoms with Gasteiger partial charge in [0, 0.05) is 0 Å². The van der Waals surface area contributed by atoms with E-state index in [9.17, 15) is 0 Å². The molecule has 5 heteroatoms. The van der Waals surface area contributed by atoms with Gasteiger partial charge in [-0.3, -0.25) is 0 Å². The van der Waals surface area contributed by atoms with Crippen LogP contribution in [0.5, 0.6) is 11.5 Å². The summed E-state index contributed by atoms with van der Waals surface area (Å²) in [6, 6.07) is 10.6. The quantitative estimate of drug-likeness (QED) is 0.714. The molecule has 0 saturated heterocycles. The maximum Gasteiger partial charge on any atom is 0.122 e. The first-order chi connectivity index (χ1) is 15.7. The van der Waals surface area contributed by atoms with Crippen molar-refractivity contribution in [1.82, 2.24) is 5.32 Å². The zero-order valence-corrected chi connectivity index (χ0v) is 20.6. The molecule has 0 unspecified atom stereocenters. The standard InChI is InChI=1S/C12H16O.C11H14O.C2H7N.2CH2O/c1-9-7-8-12(13-2)11-6-4-3-5-10(9)11;1-12-11-8-4-6-9-5-2-3-7-10(9)11;1-3-2;2*1-2/h7-8H,3-6H2,1-2H3;4,6,8H,2-3,5,7H2,1H3;3H,1-2H3;2*1H2. The fraction of sp³-hybridized carbons (Fsp3) is 0.481. The van der Waals surface area contributed by atoms with E-state index in [1.54, 1.807) is 14.2 Å². The Balaban J connectivity index is 0.000000472. The molecule has 5 nitrogen and oxygen atoms in total. The molecule has 2 aromatic rings. The molecule has 0 radical (unpaired) electrons. The number of fused-ring (bicyclic) bond motifs is 2. The Labute approximate surface area is 194 Å². The van der Waals surface area contributed by atoms with E-state index in [2.05, 4.69) is 42.6 Å². The molecule has 0 aromatic heterocycles. The van der Waals surface area contributed by atoms with Gasteiger partial charge in [0.05, 0.1) is 14.2 Å². The molecule has 0 saturated carbocycles. The Morgan fingerprint density at radius 3 is 1.72 bits per heavy atom. The number of rotatable bonds is 2. The predicted octanol–water partition coefficient (Wildman–Crippen LogP) is 4.92. The molecule has 0 amide bonds. The van der Waals surface area contributed by atoms with E-state index >= 15 is 0 Å². The maximum absolute atomic E-state index is 8.00. The average molecular weight is 444 g/mol. The van der Waals surface area contributed by atoms with Crippen molar-refractivity contribution in [1.29, 1.82) is 0 Å². The van der Waals surface area contributed by atoms with Gasteiger partial charge in [-0.05, 0) is 112 Å². The molecule has 0 atom stereocenters. The Morgan fingerprint density at radius 1 is 0.688 bits per heavy atom. The third-order valence-corrected chi connectivity index (χ3v) is 5.52. The third-order valence-electron chi connectivity index (χ3n) is 5.52. The van der Waals surface area contributed by atoms with Gasteiger partial charge in [0.2, 0.25) is 0 Å². The Kier molecular flexibility index (Phi) is 16.5. The number of hydrogen-bond donors (Lipinski definition) is 1. The fourth-order valence-corrected chi connectivity index (χ4v) is 4.14. The molecule has 2 aliphatic carbocycles. The SMILES string of the molecule is C=O.C=O.CNC.COc1ccc(C)c2c1CCCC2.COc1cccc2c1CCCC2. The summed E-state index contributed by atoms with van der Waals surface area (Å²) in [7, 11) is 7.27. The topological polar surface area (TPSA) is 64.6 Å². The van der Waals surface area contributed by atoms with Crippen molar-refractivity contribution in [2.24, 2.45) is 0 Å². The van der Waals surface area contributed by atoms with Crippen molar-refractivity contribution in [3.8, 4) is 11.5 Å². The first kappa shape index (κ1) is 29.3. The second kappa shape index (κ2) is 18.0. The van der Waals surface area contributed by atoms with Gasteiger partial charge in [-0.15, -0.1) is 0 Å². The lowest BCUT2D eigenvalue weighted by Gasteiger charge is -2.20. The normalized spacial score (nSPS) is 12.8. The van der Waals surface area contributed by atoms with Crippen LogP contribution in [0.25, 0.3) is 0 Å². The molecular weight excluding hydrogens is 402 g/mol. The van der Waals surface area contributed by atoms with Gasteiger partial charge in [0.25, 0.3) is 0 Å². The maximum atomic E-state index is 8.00. The lowest BCUT2D eigenvalue weighted by molar-refractivity contribution is -0.0987. The van der Waals surface area contributed by atoms with E-state index in [0.717, 1.165) is 11.5 Å². The molecule has 2 aliphatic rings. The molecule has 0 heterocycles. The van der Waals surface area contributed by atoms with Gasteiger partial charge < -0.3 is 24.4 Å². The smallest absolute Gasteiger partial charge is 0.122 e. The van der Waals surface area contributed by atoms with E-state index in [1.807, 2.05) is 27.7 Å². The molecule has 0 aliphatic heterocycles. The van der Waals surface area contributed by atoms with Crippen LogP contribution in [-0.4, -0.2) is 41.9 Å². The van der Waals surface area contributed by atoms with Crippen molar-refractivity contribution in [2.45, 2.75) is 58.3 Å². The summed E-state index contributed by atoms with van der Waals surface area (Å²) >= 11 is 0. The molecule has 32 heavy (non-hydrogen) atoms. The van der Waals surface area contributed by atoms with Crippen LogP contribution in [0.1, 0.15) is 53.5 Å². The summed E-state index contributed by atoms with van der Waals surface area (Å²) in [6.45, 7) is 6.20. The van der Waals surface area contributed by atoms with Crippen LogP contribution in [0.4, 0.5) is 0 Å². The Morgan fingerprint density at radius 2 is 1.16 bits per heavy atom. The van der Waals surface area contributed by atoms with Crippen LogP contribution in [-0.2, 0) is 35.3 Å². The van der Waals surface area contributed by atoms with Crippen LogP contribution >= 0.6 is 0 Å². The average Bonchev–Trinajstić information content (AvgIpc) is 2.87. The molecule has 0 spiro atoms. The van der Waals surface area contributed by atoms with Gasteiger partial charge >= 0.3 is 0 Å². The highest BCUT2D eigenvalue weighted by molar-refractivity contribution is 5.46. The number of aryl methyl sites for hydroxylation is 2. The highest BCUT2D eigenvalue weighted by Crippen LogP contribution is 2.31. The van der Waals surface area contributed by atoms with E-state index in [1.165, 1.54) is 79.2 Å². The molecule has 0 fully saturated rings. The van der Waals surface area contributed by atoms with Crippen molar-refractivity contribution in [3.05, 3.63) is 58.1 Å². The Hall–Kier alpha value is -2.66. The van der Waals surface area contributed by atoms with E-state index in [0.29, 0.717) is 0 Å². The van der Waals surface area contributed by atoms with Crippen LogP contribution < -0.4 is 14.8 Å². The molecule has 178 valence electrons. The molecule has 0 bridgehead atoms. The van der Waals surface area contributed by atoms with Crippen molar-refractivity contribution < 1.29 is 19.1 Å². The van der Waals surface area contributed by atoms with Crippen molar-refractivity contribution in [3.63, 3.8) is 0 Å². The lowest BCUT2D eigenvalue weighted by atomic mass is 9.88. The monoisotopic (exact) mass is 443 g/mol. The highest BCUT2D eigenvalue weighted by Gasteiger charge is 2.15. The molecular formula is C27H41NO4. The highest BCUT2D eigenvalue weighted by atomic mass is 16.5. The van der Waals surface area contributed by atoms with E-state index in [-0.39, 0.29) is 0 Å². The van der Waals surface area contributed by atoms with Crippen LogP contribution in [0.2, 0.25) is 0 Å². The number of methoxy groups -OCH3 is 2. The molecule has 4 rings (SSSR count). The van der Waals surface area contributed by atoms with E-state index < -0.39 is 0 Å². The molecule has 2 aromatic carbocycles. The number of benzene rings is 2. The van der Waals surface area contributed by atoms with Crippen LogP contribution in [0.15, 0.2) is 30.3 Å². The van der Waals surface area contributed by atoms with Gasteiger partial charge in [0.15, 0.2) is 0 Å². The Bertz CT molecular complexity index is 760. The summed E-state index contributed by atoms with van der Waals surface area (Å²) in [4.78, 5) is 16.0. The number of hydrogen-bond acceptors (Lipinski definition) is 5. The lowest BCUT2D eigenvalue weighted by Crippen LogP contribution is -2.06. The van der Waals surface area contributed by atoms with Crippen molar-refractivity contribution in [2.75, 3.05) is 28.3 Å². The van der Waals surface area contributed by atoms with Gasteiger partial charge in [-0.25, -0.2) is 0 Å². The summed E-state index contributed by atoms with van der Waals surface area (Å²) < 4.78 is 10.7. The zero-order chi connectivity index (χ0) is 24.4. The number of carbonyl (C=O) groups is 2. The first-order valence-corrected chi connectivity index (χ1v) is 11.1. The van der Waals surface area contributed by atoms with Crippen LogP contribution in [0.3, 0.4) is 0 Å². The van der Waals surface area contributed by atoms with Gasteiger partial charge in [-0.2, -0.15) is 0 Å². The zero-order valence-electron chi connectivity index (χ0n) is 20.6. The second-order valence-electron chi connectivity index (χ2n) is 7.55.